The third kappa shape index (κ3) is 2.69. The van der Waals surface area contributed by atoms with E-state index in [0.717, 1.165) is 16.9 Å². The lowest BCUT2D eigenvalue weighted by molar-refractivity contribution is -0.141. The summed E-state index contributed by atoms with van der Waals surface area (Å²) < 4.78 is 38.6. The number of amidine groups is 1. The number of halogens is 4. The molecule has 106 valence electrons. The topological polar surface area (TPSA) is 76.4 Å². The van der Waals surface area contributed by atoms with Crippen LogP contribution in [-0.4, -0.2) is 20.8 Å². The van der Waals surface area contributed by atoms with Crippen molar-refractivity contribution < 1.29 is 18.4 Å². The highest BCUT2D eigenvalue weighted by molar-refractivity contribution is 6.31. The number of nitrogens with two attached hydrogens (primary N) is 1. The van der Waals surface area contributed by atoms with Crippen LogP contribution in [0.5, 0.6) is 0 Å². The highest BCUT2D eigenvalue weighted by Crippen LogP contribution is 2.28. The molecule has 2 aromatic rings. The van der Waals surface area contributed by atoms with Crippen LogP contribution in [0.15, 0.2) is 35.6 Å². The van der Waals surface area contributed by atoms with Gasteiger partial charge in [0, 0.05) is 16.8 Å². The van der Waals surface area contributed by atoms with Gasteiger partial charge in [0.05, 0.1) is 5.69 Å². The smallest absolute Gasteiger partial charge is 0.409 e. The summed E-state index contributed by atoms with van der Waals surface area (Å²) in [7, 11) is 0. The van der Waals surface area contributed by atoms with Crippen molar-refractivity contribution in [3.8, 4) is 5.69 Å². The van der Waals surface area contributed by atoms with E-state index in [4.69, 9.17) is 22.5 Å². The Morgan fingerprint density at radius 1 is 1.35 bits per heavy atom. The molecule has 0 spiro atoms. The maximum Gasteiger partial charge on any atom is 0.435 e. The van der Waals surface area contributed by atoms with Gasteiger partial charge >= 0.3 is 6.18 Å². The maximum atomic E-state index is 12.5. The molecule has 0 unspecified atom stereocenters. The summed E-state index contributed by atoms with van der Waals surface area (Å²) in [6, 6.07) is 5.06. The minimum atomic E-state index is -4.55. The molecule has 0 aliphatic heterocycles. The zero-order chi connectivity index (χ0) is 14.9. The summed E-state index contributed by atoms with van der Waals surface area (Å²) in [5.41, 5.74) is 4.79. The lowest BCUT2D eigenvalue weighted by Crippen LogP contribution is -2.17. The number of rotatable bonds is 2. The minimum Gasteiger partial charge on any atom is -0.409 e. The lowest BCUT2D eigenvalue weighted by Gasteiger charge is -2.09. The van der Waals surface area contributed by atoms with Crippen molar-refractivity contribution in [2.45, 2.75) is 6.18 Å². The molecule has 1 aromatic carbocycles. The van der Waals surface area contributed by atoms with Gasteiger partial charge in [0.2, 0.25) is 0 Å². The van der Waals surface area contributed by atoms with E-state index in [1.54, 1.807) is 0 Å². The lowest BCUT2D eigenvalue weighted by atomic mass is 10.1. The van der Waals surface area contributed by atoms with Gasteiger partial charge in [-0.25, -0.2) is 4.68 Å². The Morgan fingerprint density at radius 2 is 2.05 bits per heavy atom. The third-order valence-corrected chi connectivity index (χ3v) is 2.70. The van der Waals surface area contributed by atoms with E-state index in [-0.39, 0.29) is 22.1 Å². The summed E-state index contributed by atoms with van der Waals surface area (Å²) >= 11 is 5.80. The fourth-order valence-corrected chi connectivity index (χ4v) is 1.74. The molecule has 9 heteroatoms. The highest BCUT2D eigenvalue weighted by Gasteiger charge is 2.33. The summed E-state index contributed by atoms with van der Waals surface area (Å²) in [5, 5.41) is 15.2. The van der Waals surface area contributed by atoms with Crippen molar-refractivity contribution in [1.29, 1.82) is 0 Å². The molecule has 0 atom stereocenters. The molecule has 1 aromatic heterocycles. The Labute approximate surface area is 116 Å². The average Bonchev–Trinajstić information content (AvgIpc) is 2.87. The van der Waals surface area contributed by atoms with Gasteiger partial charge in [-0.05, 0) is 24.3 Å². The first-order chi connectivity index (χ1) is 9.32. The Bertz CT molecular complexity index is 666. The fraction of sp³-hybridized carbons (Fsp3) is 0.0909. The molecule has 0 bridgehead atoms. The first-order valence-electron chi connectivity index (χ1n) is 5.23. The zero-order valence-corrected chi connectivity index (χ0v) is 10.5. The van der Waals surface area contributed by atoms with Gasteiger partial charge in [0.1, 0.15) is 0 Å². The number of aromatic nitrogens is 2. The number of hydrogen-bond acceptors (Lipinski definition) is 3. The van der Waals surface area contributed by atoms with Crippen molar-refractivity contribution in [1.82, 2.24) is 9.78 Å². The van der Waals surface area contributed by atoms with E-state index in [9.17, 15) is 13.2 Å². The SMILES string of the molecule is NC(=NO)c1ccc(Cl)cc1-n1ccc(C(F)(F)F)n1. The number of alkyl halides is 3. The third-order valence-electron chi connectivity index (χ3n) is 2.47. The standard InChI is InChI=1S/C11H8ClF3N4O/c12-6-1-2-7(10(16)18-20)8(5-6)19-4-3-9(17-19)11(13,14)15/h1-5,20H,(H2,16,18). The van der Waals surface area contributed by atoms with E-state index in [0.29, 0.717) is 0 Å². The first-order valence-corrected chi connectivity index (χ1v) is 5.61. The van der Waals surface area contributed by atoms with E-state index in [1.165, 1.54) is 18.2 Å². The number of benzene rings is 1. The predicted octanol–water partition coefficient (Wildman–Crippen LogP) is 2.64. The quantitative estimate of drug-likeness (QED) is 0.387. The second-order valence-electron chi connectivity index (χ2n) is 3.79. The van der Waals surface area contributed by atoms with Gasteiger partial charge < -0.3 is 10.9 Å². The predicted molar refractivity (Wildman–Crippen MR) is 66.1 cm³/mol. The van der Waals surface area contributed by atoms with Crippen LogP contribution in [0.1, 0.15) is 11.3 Å². The summed E-state index contributed by atoms with van der Waals surface area (Å²) in [6.07, 6.45) is -3.44. The Hall–Kier alpha value is -2.22. The molecule has 0 radical (unpaired) electrons. The molecule has 0 aliphatic carbocycles. The zero-order valence-electron chi connectivity index (χ0n) is 9.76. The molecule has 0 fully saturated rings. The van der Waals surface area contributed by atoms with Gasteiger partial charge in [0.15, 0.2) is 11.5 Å². The molecule has 1 heterocycles. The van der Waals surface area contributed by atoms with E-state index in [1.807, 2.05) is 0 Å². The van der Waals surface area contributed by atoms with Crippen LogP contribution < -0.4 is 5.73 Å². The molecule has 0 saturated carbocycles. The normalized spacial score (nSPS) is 12.7. The van der Waals surface area contributed by atoms with Crippen molar-refractivity contribution >= 4 is 17.4 Å². The molecule has 2 rings (SSSR count). The molecule has 5 nitrogen and oxygen atoms in total. The van der Waals surface area contributed by atoms with Gasteiger partial charge in [-0.2, -0.15) is 18.3 Å². The molecule has 0 aliphatic rings. The Kier molecular flexibility index (Phi) is 3.58. The van der Waals surface area contributed by atoms with Crippen LogP contribution in [0.25, 0.3) is 5.69 Å². The molecular formula is C11H8ClF3N4O. The minimum absolute atomic E-state index is 0.170. The largest absolute Gasteiger partial charge is 0.435 e. The Balaban J connectivity index is 2.57. The Morgan fingerprint density at radius 3 is 2.60 bits per heavy atom. The van der Waals surface area contributed by atoms with E-state index < -0.39 is 11.9 Å². The van der Waals surface area contributed by atoms with Crippen LogP contribution in [-0.2, 0) is 6.18 Å². The molecule has 3 N–H and O–H groups in total. The van der Waals surface area contributed by atoms with Gasteiger partial charge in [-0.15, -0.1) is 0 Å². The monoisotopic (exact) mass is 304 g/mol. The number of oxime groups is 1. The number of nitrogens with zero attached hydrogens (tertiary/aromatic N) is 3. The van der Waals surface area contributed by atoms with Crippen molar-refractivity contribution in [3.05, 3.63) is 46.7 Å². The van der Waals surface area contributed by atoms with Crippen LogP contribution in [0, 0.1) is 0 Å². The molecule has 0 amide bonds. The molecule has 0 saturated heterocycles. The fourth-order valence-electron chi connectivity index (χ4n) is 1.57. The van der Waals surface area contributed by atoms with Gasteiger partial charge in [0.25, 0.3) is 0 Å². The van der Waals surface area contributed by atoms with E-state index in [2.05, 4.69) is 10.3 Å². The summed E-state index contributed by atoms with van der Waals surface area (Å²) in [6.45, 7) is 0. The van der Waals surface area contributed by atoms with Crippen molar-refractivity contribution in [2.24, 2.45) is 10.9 Å². The highest BCUT2D eigenvalue weighted by atomic mass is 35.5. The van der Waals surface area contributed by atoms with Crippen LogP contribution in [0.2, 0.25) is 5.02 Å². The van der Waals surface area contributed by atoms with Crippen molar-refractivity contribution in [2.75, 3.05) is 0 Å². The molecule has 20 heavy (non-hydrogen) atoms. The maximum absolute atomic E-state index is 12.5. The second kappa shape index (κ2) is 5.04. The molecular weight excluding hydrogens is 297 g/mol. The van der Waals surface area contributed by atoms with Crippen molar-refractivity contribution in [3.63, 3.8) is 0 Å². The van der Waals surface area contributed by atoms with Gasteiger partial charge in [-0.3, -0.25) is 0 Å². The summed E-state index contributed by atoms with van der Waals surface area (Å²) in [5.74, 6) is -0.263. The first kappa shape index (κ1) is 14.2. The van der Waals surface area contributed by atoms with Gasteiger partial charge in [-0.1, -0.05) is 16.8 Å². The number of hydrogen-bond donors (Lipinski definition) is 2. The second-order valence-corrected chi connectivity index (χ2v) is 4.23. The van der Waals surface area contributed by atoms with Crippen LogP contribution >= 0.6 is 11.6 Å². The van der Waals surface area contributed by atoms with Crippen LogP contribution in [0.3, 0.4) is 0 Å². The van der Waals surface area contributed by atoms with Crippen LogP contribution in [0.4, 0.5) is 13.2 Å². The average molecular weight is 305 g/mol. The van der Waals surface area contributed by atoms with E-state index >= 15 is 0 Å². The summed E-state index contributed by atoms with van der Waals surface area (Å²) in [4.78, 5) is 0.